The summed E-state index contributed by atoms with van der Waals surface area (Å²) >= 11 is 1.78. The summed E-state index contributed by atoms with van der Waals surface area (Å²) in [6.45, 7) is 6.33. The molecule has 9 heteroatoms. The van der Waals surface area contributed by atoms with E-state index in [2.05, 4.69) is 37.7 Å². The summed E-state index contributed by atoms with van der Waals surface area (Å²) in [6, 6.07) is 0. The van der Waals surface area contributed by atoms with Gasteiger partial charge in [0.1, 0.15) is 12.9 Å². The highest BCUT2D eigenvalue weighted by atomic mass is 127. The van der Waals surface area contributed by atoms with E-state index in [0.717, 1.165) is 42.7 Å². The van der Waals surface area contributed by atoms with Gasteiger partial charge in [0.25, 0.3) is 0 Å². The molecule has 7 nitrogen and oxygen atoms in total. The largest absolute Gasteiger partial charge is 0.357 e. The quantitative estimate of drug-likeness (QED) is 0.383. The number of aromatic nitrogens is 4. The van der Waals surface area contributed by atoms with Crippen molar-refractivity contribution in [1.29, 1.82) is 0 Å². The van der Waals surface area contributed by atoms with Crippen LogP contribution in [-0.4, -0.2) is 38.8 Å². The monoisotopic (exact) mass is 449 g/mol. The van der Waals surface area contributed by atoms with Crippen molar-refractivity contribution in [3.05, 3.63) is 28.2 Å². The second-order valence-corrected chi connectivity index (χ2v) is 6.00. The van der Waals surface area contributed by atoms with Crippen LogP contribution in [0.4, 0.5) is 0 Å². The Hall–Kier alpha value is -1.23. The van der Waals surface area contributed by atoms with Gasteiger partial charge in [0.2, 0.25) is 0 Å². The predicted octanol–water partition coefficient (Wildman–Crippen LogP) is 1.75. The van der Waals surface area contributed by atoms with E-state index in [1.54, 1.807) is 17.7 Å². The molecule has 2 N–H and O–H groups in total. The number of nitrogens with one attached hydrogen (secondary N) is 2. The van der Waals surface area contributed by atoms with E-state index in [9.17, 15) is 0 Å². The minimum absolute atomic E-state index is 0. The van der Waals surface area contributed by atoms with Gasteiger partial charge in [0.15, 0.2) is 11.8 Å². The number of rotatable bonds is 7. The first-order chi connectivity index (χ1) is 10.7. The molecule has 0 fully saturated rings. The molecular weight excluding hydrogens is 425 g/mol. The summed E-state index contributed by atoms with van der Waals surface area (Å²) in [5.74, 6) is 1.63. The van der Waals surface area contributed by atoms with Crippen molar-refractivity contribution in [1.82, 2.24) is 30.4 Å². The molecule has 2 heterocycles. The number of halogens is 1. The summed E-state index contributed by atoms with van der Waals surface area (Å²) in [4.78, 5) is 10.3. The molecule has 2 aromatic rings. The zero-order chi connectivity index (χ0) is 15.8. The highest BCUT2D eigenvalue weighted by molar-refractivity contribution is 14.0. The Bertz CT molecular complexity index is 608. The molecule has 0 aliphatic carbocycles. The van der Waals surface area contributed by atoms with Crippen molar-refractivity contribution in [3.63, 3.8) is 0 Å². The number of thiazole rings is 1. The van der Waals surface area contributed by atoms with Gasteiger partial charge < -0.3 is 15.2 Å². The van der Waals surface area contributed by atoms with Gasteiger partial charge in [-0.2, -0.15) is 0 Å². The molecule has 0 bridgehead atoms. The second kappa shape index (κ2) is 10.5. The Morgan fingerprint density at radius 1 is 1.35 bits per heavy atom. The van der Waals surface area contributed by atoms with Gasteiger partial charge in [-0.15, -0.1) is 45.5 Å². The van der Waals surface area contributed by atoms with Crippen molar-refractivity contribution in [2.75, 3.05) is 13.1 Å². The van der Waals surface area contributed by atoms with E-state index in [-0.39, 0.29) is 24.0 Å². The van der Waals surface area contributed by atoms with Crippen LogP contribution in [0.15, 0.2) is 17.5 Å². The lowest BCUT2D eigenvalue weighted by molar-refractivity contribution is 0.762. The zero-order valence-corrected chi connectivity index (χ0v) is 16.9. The maximum Gasteiger partial charge on any atom is 0.191 e. The van der Waals surface area contributed by atoms with E-state index in [4.69, 9.17) is 0 Å². The highest BCUT2D eigenvalue weighted by Gasteiger charge is 2.03. The molecule has 23 heavy (non-hydrogen) atoms. The Kier molecular flexibility index (Phi) is 9.07. The lowest BCUT2D eigenvalue weighted by Crippen LogP contribution is -2.38. The van der Waals surface area contributed by atoms with Crippen molar-refractivity contribution in [2.24, 2.45) is 12.0 Å². The Morgan fingerprint density at radius 2 is 2.17 bits per heavy atom. The van der Waals surface area contributed by atoms with Crippen LogP contribution in [0, 0.1) is 0 Å². The van der Waals surface area contributed by atoms with Crippen molar-refractivity contribution < 1.29 is 0 Å². The fourth-order valence-corrected chi connectivity index (χ4v) is 2.72. The number of aryl methyl sites for hydroxylation is 2. The van der Waals surface area contributed by atoms with E-state index in [1.807, 2.05) is 24.7 Å². The highest BCUT2D eigenvalue weighted by Crippen LogP contribution is 2.13. The van der Waals surface area contributed by atoms with Gasteiger partial charge in [0.05, 0.1) is 5.01 Å². The molecular formula is C14H24IN7S. The van der Waals surface area contributed by atoms with Crippen LogP contribution in [0.25, 0.3) is 0 Å². The van der Waals surface area contributed by atoms with Gasteiger partial charge in [-0.1, -0.05) is 6.92 Å². The Morgan fingerprint density at radius 3 is 2.78 bits per heavy atom. The average Bonchev–Trinajstić information content (AvgIpc) is 3.13. The van der Waals surface area contributed by atoms with Crippen LogP contribution in [-0.2, 0) is 26.4 Å². The molecule has 0 unspecified atom stereocenters. The first-order valence-corrected chi connectivity index (χ1v) is 8.33. The van der Waals surface area contributed by atoms with Crippen LogP contribution < -0.4 is 10.6 Å². The maximum absolute atomic E-state index is 4.52. The number of nitrogens with zero attached hydrogens (tertiary/aromatic N) is 5. The first-order valence-electron chi connectivity index (χ1n) is 7.51. The molecule has 0 radical (unpaired) electrons. The Labute approximate surface area is 158 Å². The first kappa shape index (κ1) is 19.8. The van der Waals surface area contributed by atoms with E-state index < -0.39 is 0 Å². The molecule has 0 saturated carbocycles. The predicted molar refractivity (Wildman–Crippen MR) is 104 cm³/mol. The normalized spacial score (nSPS) is 11.2. The van der Waals surface area contributed by atoms with Crippen LogP contribution in [0.1, 0.15) is 29.6 Å². The summed E-state index contributed by atoms with van der Waals surface area (Å²) in [5, 5.41) is 15.6. The molecule has 128 valence electrons. The number of aliphatic imine (C=N–C) groups is 1. The maximum atomic E-state index is 4.52. The third kappa shape index (κ3) is 6.42. The van der Waals surface area contributed by atoms with Gasteiger partial charge in [-0.25, -0.2) is 9.98 Å². The summed E-state index contributed by atoms with van der Waals surface area (Å²) < 4.78 is 1.87. The summed E-state index contributed by atoms with van der Waals surface area (Å²) in [7, 11) is 1.92. The van der Waals surface area contributed by atoms with Crippen molar-refractivity contribution in [2.45, 2.75) is 33.2 Å². The van der Waals surface area contributed by atoms with Gasteiger partial charge in [-0.3, -0.25) is 0 Å². The molecule has 0 saturated heterocycles. The fraction of sp³-hybridized carbons (Fsp3) is 0.571. The Balaban J connectivity index is 0.00000264. The minimum Gasteiger partial charge on any atom is -0.357 e. The van der Waals surface area contributed by atoms with E-state index >= 15 is 0 Å². The van der Waals surface area contributed by atoms with Gasteiger partial charge >= 0.3 is 0 Å². The SMILES string of the molecule is CCNC(=NCc1nncn1C)NCCc1ncc(CC)s1.I. The molecule has 0 atom stereocenters. The lowest BCUT2D eigenvalue weighted by Gasteiger charge is -2.10. The van der Waals surface area contributed by atoms with E-state index in [0.29, 0.717) is 6.54 Å². The lowest BCUT2D eigenvalue weighted by atomic mass is 10.4. The second-order valence-electron chi connectivity index (χ2n) is 4.80. The number of hydrogen-bond acceptors (Lipinski definition) is 5. The molecule has 0 aliphatic heterocycles. The van der Waals surface area contributed by atoms with Gasteiger partial charge in [0, 0.05) is 37.6 Å². The van der Waals surface area contributed by atoms with E-state index in [1.165, 1.54) is 4.88 Å². The molecule has 0 amide bonds. The zero-order valence-electron chi connectivity index (χ0n) is 13.7. The molecule has 0 aliphatic rings. The summed E-state index contributed by atoms with van der Waals surface area (Å²) in [6.07, 6.45) is 5.60. The smallest absolute Gasteiger partial charge is 0.191 e. The van der Waals surface area contributed by atoms with Crippen LogP contribution >= 0.6 is 35.3 Å². The topological polar surface area (TPSA) is 80.0 Å². The fourth-order valence-electron chi connectivity index (χ4n) is 1.86. The molecule has 2 rings (SSSR count). The van der Waals surface area contributed by atoms with Crippen molar-refractivity contribution >= 4 is 41.3 Å². The number of hydrogen-bond donors (Lipinski definition) is 2. The molecule has 2 aromatic heterocycles. The summed E-state index contributed by atoms with van der Waals surface area (Å²) in [5.41, 5.74) is 0. The minimum atomic E-state index is 0. The third-order valence-electron chi connectivity index (χ3n) is 3.11. The van der Waals surface area contributed by atoms with Crippen LogP contribution in [0.5, 0.6) is 0 Å². The third-order valence-corrected chi connectivity index (χ3v) is 4.31. The van der Waals surface area contributed by atoms with Gasteiger partial charge in [-0.05, 0) is 13.3 Å². The van der Waals surface area contributed by atoms with Crippen LogP contribution in [0.2, 0.25) is 0 Å². The van der Waals surface area contributed by atoms with Crippen molar-refractivity contribution in [3.8, 4) is 0 Å². The van der Waals surface area contributed by atoms with Crippen LogP contribution in [0.3, 0.4) is 0 Å². The number of guanidine groups is 1. The average molecular weight is 449 g/mol. The molecule has 0 spiro atoms. The standard InChI is InChI=1S/C14H23N7S.HI/c1-4-11-8-17-13(22-11)6-7-16-14(15-5-2)18-9-12-20-19-10-21(12)3;/h8,10H,4-7,9H2,1-3H3,(H2,15,16,18);1H. The molecule has 0 aromatic carbocycles.